The van der Waals surface area contributed by atoms with Crippen molar-refractivity contribution in [3.05, 3.63) is 104 Å². The second-order valence-corrected chi connectivity index (χ2v) is 9.94. The smallest absolute Gasteiger partial charge is 0.336 e. The van der Waals surface area contributed by atoms with Crippen LogP contribution in [0.3, 0.4) is 0 Å². The van der Waals surface area contributed by atoms with Crippen LogP contribution in [0.4, 0.5) is 13.2 Å². The molecule has 0 bridgehead atoms. The van der Waals surface area contributed by atoms with Gasteiger partial charge in [-0.2, -0.15) is 13.2 Å². The molecule has 1 saturated heterocycles. The predicted molar refractivity (Wildman–Crippen MR) is 145 cm³/mol. The Labute approximate surface area is 227 Å². The van der Waals surface area contributed by atoms with E-state index in [1.54, 1.807) is 48.5 Å². The number of pyridine rings is 1. The van der Waals surface area contributed by atoms with Crippen molar-refractivity contribution >= 4 is 16.8 Å². The Morgan fingerprint density at radius 1 is 0.925 bits per heavy atom. The van der Waals surface area contributed by atoms with Crippen LogP contribution < -0.4 is 11.2 Å². The molecule has 0 radical (unpaired) electrons. The zero-order valence-electron chi connectivity index (χ0n) is 22.1. The van der Waals surface area contributed by atoms with Crippen LogP contribution in [0.15, 0.2) is 70.5 Å². The largest absolute Gasteiger partial charge is 0.418 e. The fraction of sp³-hybridized carbons (Fsp3) is 0.310. The lowest BCUT2D eigenvalue weighted by Gasteiger charge is -2.35. The van der Waals surface area contributed by atoms with Gasteiger partial charge < -0.3 is 4.90 Å². The van der Waals surface area contributed by atoms with E-state index in [4.69, 9.17) is 0 Å². The summed E-state index contributed by atoms with van der Waals surface area (Å²) in [4.78, 5) is 47.9. The van der Waals surface area contributed by atoms with Crippen molar-refractivity contribution in [3.8, 4) is 5.69 Å². The highest BCUT2D eigenvalue weighted by molar-refractivity contribution is 5.94. The molecule has 208 valence electrons. The van der Waals surface area contributed by atoms with Crippen molar-refractivity contribution in [3.63, 3.8) is 0 Å². The van der Waals surface area contributed by atoms with Crippen LogP contribution in [0.1, 0.15) is 27.0 Å². The quantitative estimate of drug-likeness (QED) is 0.379. The fourth-order valence-corrected chi connectivity index (χ4v) is 5.29. The molecule has 2 aromatic carbocycles. The average Bonchev–Trinajstić information content (AvgIpc) is 2.92. The van der Waals surface area contributed by atoms with E-state index in [0.29, 0.717) is 53.9 Å². The second-order valence-electron chi connectivity index (χ2n) is 9.94. The summed E-state index contributed by atoms with van der Waals surface area (Å²) < 4.78 is 43.6. The van der Waals surface area contributed by atoms with Crippen LogP contribution in [-0.2, 0) is 12.7 Å². The molecule has 0 aliphatic carbocycles. The van der Waals surface area contributed by atoms with Gasteiger partial charge in [0.05, 0.1) is 22.2 Å². The van der Waals surface area contributed by atoms with E-state index in [1.807, 2.05) is 6.92 Å². The summed E-state index contributed by atoms with van der Waals surface area (Å²) in [6, 6.07) is 11.4. The lowest BCUT2D eigenvalue weighted by Crippen LogP contribution is -2.50. The van der Waals surface area contributed by atoms with Crippen LogP contribution in [-0.4, -0.2) is 62.5 Å². The lowest BCUT2D eigenvalue weighted by atomic mass is 10.1. The van der Waals surface area contributed by atoms with Crippen LogP contribution >= 0.6 is 0 Å². The van der Waals surface area contributed by atoms with Gasteiger partial charge in [0, 0.05) is 57.2 Å². The molecule has 4 aromatic rings. The van der Waals surface area contributed by atoms with E-state index in [2.05, 4.69) is 9.88 Å². The number of carbonyl (C=O) groups excluding carboxylic acids is 1. The number of halogens is 3. The molecule has 0 saturated carbocycles. The number of hydrogen-bond acceptors (Lipinski definition) is 5. The number of benzene rings is 2. The van der Waals surface area contributed by atoms with Crippen molar-refractivity contribution in [1.82, 2.24) is 23.9 Å². The number of carbonyl (C=O) groups is 1. The van der Waals surface area contributed by atoms with E-state index >= 15 is 0 Å². The molecule has 3 heterocycles. The maximum atomic E-state index is 13.9. The molecule has 1 amide bonds. The molecule has 0 atom stereocenters. The summed E-state index contributed by atoms with van der Waals surface area (Å²) in [6.07, 6.45) is -1.61. The number of alkyl halides is 3. The van der Waals surface area contributed by atoms with Gasteiger partial charge >= 0.3 is 11.9 Å². The van der Waals surface area contributed by atoms with Crippen molar-refractivity contribution < 1.29 is 18.0 Å². The summed E-state index contributed by atoms with van der Waals surface area (Å²) in [6.45, 7) is 6.25. The van der Waals surface area contributed by atoms with Gasteiger partial charge in [0.25, 0.3) is 11.5 Å². The second kappa shape index (κ2) is 10.7. The van der Waals surface area contributed by atoms with E-state index in [-0.39, 0.29) is 17.8 Å². The highest BCUT2D eigenvalue weighted by Gasteiger charge is 2.35. The van der Waals surface area contributed by atoms with E-state index in [0.717, 1.165) is 17.7 Å². The summed E-state index contributed by atoms with van der Waals surface area (Å²) in [5.41, 5.74) is -0.805. The molecule has 40 heavy (non-hydrogen) atoms. The Hall–Kier alpha value is -4.25. The van der Waals surface area contributed by atoms with Crippen LogP contribution in [0, 0.1) is 13.8 Å². The zero-order valence-corrected chi connectivity index (χ0v) is 22.1. The van der Waals surface area contributed by atoms with Crippen LogP contribution in [0.2, 0.25) is 0 Å². The van der Waals surface area contributed by atoms with E-state index in [9.17, 15) is 27.6 Å². The monoisotopic (exact) mass is 551 g/mol. The molecule has 1 fully saturated rings. The summed E-state index contributed by atoms with van der Waals surface area (Å²) in [5.74, 6) is -0.0781. The fourth-order valence-electron chi connectivity index (χ4n) is 5.29. The van der Waals surface area contributed by atoms with Crippen LogP contribution in [0.5, 0.6) is 0 Å². The first-order chi connectivity index (χ1) is 19.1. The van der Waals surface area contributed by atoms with Gasteiger partial charge in [0.1, 0.15) is 0 Å². The molecule has 0 spiro atoms. The minimum atomic E-state index is -4.75. The SMILES string of the molecule is Cc1cc(C)c2c(=O)n(-c3ccccc3C(F)(F)F)c(=O)n(CCN3CCN(C(=O)c4ccncc4)CC3)c2c1. The van der Waals surface area contributed by atoms with Gasteiger partial charge in [-0.3, -0.25) is 24.0 Å². The highest BCUT2D eigenvalue weighted by atomic mass is 19.4. The molecule has 0 N–H and O–H groups in total. The molecule has 0 unspecified atom stereocenters. The normalized spacial score (nSPS) is 14.6. The van der Waals surface area contributed by atoms with Gasteiger partial charge in [-0.25, -0.2) is 9.36 Å². The standard InChI is InChI=1S/C29H28F3N5O3/c1-19-17-20(2)25-24(18-19)36(28(40)37(27(25)39)23-6-4-3-5-22(23)29(30,31)32)16-13-34-11-14-35(15-12-34)26(38)21-7-9-33-10-8-21/h3-10,17-18H,11-16H2,1-2H3. The maximum Gasteiger partial charge on any atom is 0.418 e. The first-order valence-electron chi connectivity index (χ1n) is 12.9. The number of aryl methyl sites for hydroxylation is 2. The molecule has 1 aliphatic rings. The Kier molecular flexibility index (Phi) is 7.33. The molecular formula is C29H28F3N5O3. The van der Waals surface area contributed by atoms with Gasteiger partial charge in [-0.15, -0.1) is 0 Å². The molecular weight excluding hydrogens is 523 g/mol. The van der Waals surface area contributed by atoms with E-state index < -0.39 is 28.7 Å². The third kappa shape index (κ3) is 5.16. The third-order valence-corrected chi connectivity index (χ3v) is 7.27. The Morgan fingerprint density at radius 3 is 2.27 bits per heavy atom. The van der Waals surface area contributed by atoms with Crippen molar-refractivity contribution in [2.24, 2.45) is 0 Å². The highest BCUT2D eigenvalue weighted by Crippen LogP contribution is 2.33. The number of amides is 1. The summed E-state index contributed by atoms with van der Waals surface area (Å²) in [5, 5.41) is 0.204. The topological polar surface area (TPSA) is 80.4 Å². The first-order valence-corrected chi connectivity index (χ1v) is 12.9. The minimum Gasteiger partial charge on any atom is -0.336 e. The summed E-state index contributed by atoms with van der Waals surface area (Å²) in [7, 11) is 0. The average molecular weight is 552 g/mol. The third-order valence-electron chi connectivity index (χ3n) is 7.27. The first kappa shape index (κ1) is 27.3. The number of para-hydroxylation sites is 1. The zero-order chi connectivity index (χ0) is 28.6. The number of piperazine rings is 1. The minimum absolute atomic E-state index is 0.0781. The van der Waals surface area contributed by atoms with Gasteiger partial charge in [-0.05, 0) is 55.3 Å². The van der Waals surface area contributed by atoms with Crippen molar-refractivity contribution in [2.45, 2.75) is 26.6 Å². The lowest BCUT2D eigenvalue weighted by molar-refractivity contribution is -0.137. The van der Waals surface area contributed by atoms with Gasteiger partial charge in [0.15, 0.2) is 0 Å². The number of hydrogen-bond donors (Lipinski definition) is 0. The molecule has 2 aromatic heterocycles. The summed E-state index contributed by atoms with van der Waals surface area (Å²) >= 11 is 0. The van der Waals surface area contributed by atoms with Crippen molar-refractivity contribution in [2.75, 3.05) is 32.7 Å². The molecule has 5 rings (SSSR count). The Bertz CT molecular complexity index is 1690. The van der Waals surface area contributed by atoms with E-state index in [1.165, 1.54) is 16.7 Å². The number of nitrogens with zero attached hydrogens (tertiary/aromatic N) is 5. The number of aromatic nitrogens is 3. The molecule has 1 aliphatic heterocycles. The predicted octanol–water partition coefficient (Wildman–Crippen LogP) is 3.64. The number of fused-ring (bicyclic) bond motifs is 1. The van der Waals surface area contributed by atoms with Crippen LogP contribution in [0.25, 0.3) is 16.6 Å². The van der Waals surface area contributed by atoms with Crippen molar-refractivity contribution in [1.29, 1.82) is 0 Å². The molecule has 11 heteroatoms. The Morgan fingerprint density at radius 2 is 1.60 bits per heavy atom. The van der Waals surface area contributed by atoms with Gasteiger partial charge in [-0.1, -0.05) is 18.2 Å². The number of rotatable bonds is 5. The molecule has 8 nitrogen and oxygen atoms in total. The Balaban J connectivity index is 1.48. The van der Waals surface area contributed by atoms with Gasteiger partial charge in [0.2, 0.25) is 0 Å². The maximum absolute atomic E-state index is 13.9.